The molecule has 0 spiro atoms. The highest BCUT2D eigenvalue weighted by molar-refractivity contribution is 5.61. The van der Waals surface area contributed by atoms with Gasteiger partial charge in [0, 0.05) is 24.8 Å². The number of aromatic nitrogens is 2. The Bertz CT molecular complexity index is 587. The first-order valence-corrected chi connectivity index (χ1v) is 5.85. The van der Waals surface area contributed by atoms with Crippen molar-refractivity contribution < 1.29 is 8.78 Å². The van der Waals surface area contributed by atoms with E-state index in [-0.39, 0.29) is 11.1 Å². The molecule has 0 saturated carbocycles. The van der Waals surface area contributed by atoms with Gasteiger partial charge in [-0.2, -0.15) is 0 Å². The van der Waals surface area contributed by atoms with Crippen molar-refractivity contribution in [2.45, 2.75) is 6.92 Å². The molecule has 100 valence electrons. The number of hydrogen-bond donors (Lipinski definition) is 2. The fraction of sp³-hybridized carbons (Fsp3) is 0.231. The minimum atomic E-state index is -0.512. The number of hydrogen-bond acceptors (Lipinski definition) is 4. The average molecular weight is 264 g/mol. The summed E-state index contributed by atoms with van der Waals surface area (Å²) in [6.07, 6.45) is 1.48. The van der Waals surface area contributed by atoms with Crippen LogP contribution in [0.1, 0.15) is 5.56 Å². The van der Waals surface area contributed by atoms with Gasteiger partial charge in [0.15, 0.2) is 0 Å². The second-order valence-electron chi connectivity index (χ2n) is 4.06. The Morgan fingerprint density at radius 3 is 2.79 bits per heavy atom. The minimum absolute atomic E-state index is 0.112. The Kier molecular flexibility index (Phi) is 4.01. The van der Waals surface area contributed by atoms with E-state index in [0.717, 1.165) is 12.1 Å². The van der Waals surface area contributed by atoms with Crippen LogP contribution in [0.5, 0.6) is 0 Å². The molecular formula is C13H14F2N4. The van der Waals surface area contributed by atoms with Gasteiger partial charge in [-0.05, 0) is 30.7 Å². The molecule has 6 heteroatoms. The Hall–Kier alpha value is -2.08. The van der Waals surface area contributed by atoms with Crippen molar-refractivity contribution in [2.24, 2.45) is 5.73 Å². The normalized spacial score (nSPS) is 10.5. The van der Waals surface area contributed by atoms with Crippen LogP contribution in [0.15, 0.2) is 24.4 Å². The minimum Gasteiger partial charge on any atom is -0.353 e. The zero-order valence-corrected chi connectivity index (χ0v) is 10.5. The van der Waals surface area contributed by atoms with Crippen molar-refractivity contribution in [3.63, 3.8) is 0 Å². The van der Waals surface area contributed by atoms with E-state index in [1.54, 1.807) is 0 Å². The number of aryl methyl sites for hydroxylation is 1. The van der Waals surface area contributed by atoms with Gasteiger partial charge >= 0.3 is 0 Å². The average Bonchev–Trinajstić information content (AvgIpc) is 2.41. The largest absolute Gasteiger partial charge is 0.353 e. The van der Waals surface area contributed by atoms with Crippen molar-refractivity contribution >= 4 is 5.95 Å². The molecule has 4 nitrogen and oxygen atoms in total. The van der Waals surface area contributed by atoms with Crippen LogP contribution in [0.4, 0.5) is 14.7 Å². The molecule has 1 heterocycles. The first-order chi connectivity index (χ1) is 9.11. The molecule has 2 aromatic rings. The Balaban J connectivity index is 2.38. The lowest BCUT2D eigenvalue weighted by molar-refractivity contribution is 0.594. The third kappa shape index (κ3) is 3.03. The standard InChI is InChI=1S/C13H14F2N4/c1-8-6-11(15)9(7-10(8)14)12-2-4-17-13(19-12)18-5-3-16/h2,4,6-7H,3,5,16H2,1H3,(H,17,18,19). The maximum absolute atomic E-state index is 13.8. The third-order valence-corrected chi connectivity index (χ3v) is 2.61. The molecule has 2 rings (SSSR count). The lowest BCUT2D eigenvalue weighted by Crippen LogP contribution is -2.14. The molecule has 0 amide bonds. The number of nitrogens with one attached hydrogen (secondary N) is 1. The van der Waals surface area contributed by atoms with E-state index in [4.69, 9.17) is 5.73 Å². The number of benzene rings is 1. The van der Waals surface area contributed by atoms with Gasteiger partial charge in [0.05, 0.1) is 5.69 Å². The van der Waals surface area contributed by atoms with E-state index in [9.17, 15) is 8.78 Å². The zero-order valence-electron chi connectivity index (χ0n) is 10.5. The smallest absolute Gasteiger partial charge is 0.223 e. The van der Waals surface area contributed by atoms with E-state index in [2.05, 4.69) is 15.3 Å². The Morgan fingerprint density at radius 2 is 2.05 bits per heavy atom. The van der Waals surface area contributed by atoms with Crippen LogP contribution in [-0.4, -0.2) is 23.1 Å². The van der Waals surface area contributed by atoms with E-state index in [1.165, 1.54) is 19.2 Å². The molecule has 1 aromatic heterocycles. The summed E-state index contributed by atoms with van der Waals surface area (Å²) >= 11 is 0. The fourth-order valence-electron chi connectivity index (χ4n) is 1.62. The van der Waals surface area contributed by atoms with Crippen LogP contribution in [0.2, 0.25) is 0 Å². The molecule has 1 aromatic carbocycles. The first-order valence-electron chi connectivity index (χ1n) is 5.85. The second kappa shape index (κ2) is 5.71. The van der Waals surface area contributed by atoms with Gasteiger partial charge in [-0.1, -0.05) is 0 Å². The van der Waals surface area contributed by atoms with E-state index in [1.807, 2.05) is 0 Å². The van der Waals surface area contributed by atoms with Crippen molar-refractivity contribution in [3.8, 4) is 11.3 Å². The van der Waals surface area contributed by atoms with Crippen molar-refractivity contribution in [1.82, 2.24) is 9.97 Å². The molecule has 0 radical (unpaired) electrons. The highest BCUT2D eigenvalue weighted by Crippen LogP contribution is 2.24. The number of halogens is 2. The monoisotopic (exact) mass is 264 g/mol. The van der Waals surface area contributed by atoms with Crippen LogP contribution in [-0.2, 0) is 0 Å². The molecule has 0 aliphatic rings. The van der Waals surface area contributed by atoms with Crippen molar-refractivity contribution in [3.05, 3.63) is 41.6 Å². The van der Waals surface area contributed by atoms with Crippen molar-refractivity contribution in [1.29, 1.82) is 0 Å². The summed E-state index contributed by atoms with van der Waals surface area (Å²) in [6.45, 7) is 2.45. The molecule has 3 N–H and O–H groups in total. The van der Waals surface area contributed by atoms with E-state index in [0.29, 0.717) is 24.7 Å². The van der Waals surface area contributed by atoms with Crippen molar-refractivity contribution in [2.75, 3.05) is 18.4 Å². The number of nitrogens with two attached hydrogens (primary N) is 1. The quantitative estimate of drug-likeness (QED) is 0.887. The molecule has 0 fully saturated rings. The maximum Gasteiger partial charge on any atom is 0.223 e. The molecule has 19 heavy (non-hydrogen) atoms. The van der Waals surface area contributed by atoms with E-state index < -0.39 is 11.6 Å². The van der Waals surface area contributed by atoms with Gasteiger partial charge in [0.2, 0.25) is 5.95 Å². The summed E-state index contributed by atoms with van der Waals surface area (Å²) in [5, 5.41) is 2.89. The van der Waals surface area contributed by atoms with Gasteiger partial charge in [-0.25, -0.2) is 18.7 Å². The summed E-state index contributed by atoms with van der Waals surface area (Å²) < 4.78 is 27.3. The van der Waals surface area contributed by atoms with Crippen LogP contribution in [0, 0.1) is 18.6 Å². The summed E-state index contributed by atoms with van der Waals surface area (Å²) in [6, 6.07) is 3.82. The van der Waals surface area contributed by atoms with E-state index >= 15 is 0 Å². The second-order valence-corrected chi connectivity index (χ2v) is 4.06. The topological polar surface area (TPSA) is 63.8 Å². The molecule has 0 aliphatic carbocycles. The van der Waals surface area contributed by atoms with Crippen LogP contribution >= 0.6 is 0 Å². The highest BCUT2D eigenvalue weighted by atomic mass is 19.1. The number of rotatable bonds is 4. The lowest BCUT2D eigenvalue weighted by Gasteiger charge is -2.07. The van der Waals surface area contributed by atoms with Gasteiger partial charge in [0.1, 0.15) is 11.6 Å². The molecule has 0 atom stereocenters. The summed E-state index contributed by atoms with van der Waals surface area (Å²) in [7, 11) is 0. The highest BCUT2D eigenvalue weighted by Gasteiger charge is 2.11. The maximum atomic E-state index is 13.8. The van der Waals surface area contributed by atoms with Gasteiger partial charge in [0.25, 0.3) is 0 Å². The van der Waals surface area contributed by atoms with Gasteiger partial charge in [-0.15, -0.1) is 0 Å². The van der Waals surface area contributed by atoms with Gasteiger partial charge < -0.3 is 11.1 Å². The van der Waals surface area contributed by atoms with Gasteiger partial charge in [-0.3, -0.25) is 0 Å². The molecular weight excluding hydrogens is 250 g/mol. The van der Waals surface area contributed by atoms with Crippen LogP contribution < -0.4 is 11.1 Å². The predicted octanol–water partition coefficient (Wildman–Crippen LogP) is 2.10. The molecule has 0 bridgehead atoms. The Labute approximate surface area is 109 Å². The molecule has 0 saturated heterocycles. The Morgan fingerprint density at radius 1 is 1.26 bits per heavy atom. The van der Waals surface area contributed by atoms with Crippen LogP contribution in [0.25, 0.3) is 11.3 Å². The zero-order chi connectivity index (χ0) is 13.8. The fourth-order valence-corrected chi connectivity index (χ4v) is 1.62. The molecule has 0 aliphatic heterocycles. The summed E-state index contributed by atoms with van der Waals surface area (Å²) in [5.74, 6) is -0.641. The third-order valence-electron chi connectivity index (χ3n) is 2.61. The summed E-state index contributed by atoms with van der Waals surface area (Å²) in [5.41, 5.74) is 6.06. The number of anilines is 1. The van der Waals surface area contributed by atoms with Crippen LogP contribution in [0.3, 0.4) is 0 Å². The summed E-state index contributed by atoms with van der Waals surface area (Å²) in [4.78, 5) is 8.11. The predicted molar refractivity (Wildman–Crippen MR) is 69.7 cm³/mol. The lowest BCUT2D eigenvalue weighted by atomic mass is 10.1. The SMILES string of the molecule is Cc1cc(F)c(-c2ccnc(NCCN)n2)cc1F. The molecule has 0 unspecified atom stereocenters. The number of nitrogens with zero attached hydrogens (tertiary/aromatic N) is 2. The first kappa shape index (κ1) is 13.4.